The van der Waals surface area contributed by atoms with Crippen LogP contribution >= 0.6 is 12.4 Å². The van der Waals surface area contributed by atoms with Crippen molar-refractivity contribution >= 4 is 18.3 Å². The number of nitrogens with one attached hydrogen (secondary N) is 1. The first-order valence-corrected chi connectivity index (χ1v) is 6.40. The molecule has 0 saturated carbocycles. The van der Waals surface area contributed by atoms with Gasteiger partial charge in [-0.15, -0.1) is 12.4 Å². The van der Waals surface area contributed by atoms with Crippen LogP contribution < -0.4 is 11.2 Å². The highest BCUT2D eigenvalue weighted by Gasteiger charge is 2.21. The third kappa shape index (κ3) is 4.59. The van der Waals surface area contributed by atoms with Crippen LogP contribution in [0.1, 0.15) is 18.4 Å². The third-order valence-corrected chi connectivity index (χ3v) is 3.17. The number of benzene rings is 1. The standard InChI is InChI=1S/C13H16F3N3O.ClH/c14-10-7-12(16)11(15)5-8(10)4-9(17)6-13(20)19-3-1-2-18-19;/h5,7,9,18H,1-4,6,17H2;1H/t9-;/m1./s1. The third-order valence-electron chi connectivity index (χ3n) is 3.17. The summed E-state index contributed by atoms with van der Waals surface area (Å²) in [5.41, 5.74) is 8.64. The number of hydrogen-bond donors (Lipinski definition) is 2. The van der Waals surface area contributed by atoms with Crippen LogP contribution in [0.3, 0.4) is 0 Å². The molecular weight excluding hydrogens is 307 g/mol. The zero-order valence-corrected chi connectivity index (χ0v) is 12.1. The number of halogens is 4. The van der Waals surface area contributed by atoms with Gasteiger partial charge in [0.25, 0.3) is 0 Å². The van der Waals surface area contributed by atoms with E-state index < -0.39 is 23.5 Å². The van der Waals surface area contributed by atoms with E-state index in [0.29, 0.717) is 12.6 Å². The van der Waals surface area contributed by atoms with E-state index in [1.165, 1.54) is 5.01 Å². The minimum absolute atomic E-state index is 0. The fraction of sp³-hybridized carbons (Fsp3) is 0.462. The maximum absolute atomic E-state index is 13.5. The molecular formula is C13H17ClF3N3O. The normalized spacial score (nSPS) is 15.7. The summed E-state index contributed by atoms with van der Waals surface area (Å²) in [5.74, 6) is -3.40. The summed E-state index contributed by atoms with van der Waals surface area (Å²) in [6.07, 6.45) is 0.868. The quantitative estimate of drug-likeness (QED) is 0.826. The minimum atomic E-state index is -1.24. The average molecular weight is 324 g/mol. The lowest BCUT2D eigenvalue weighted by Crippen LogP contribution is -2.40. The van der Waals surface area contributed by atoms with Crippen LogP contribution in [0.5, 0.6) is 0 Å². The molecule has 1 atom stereocenters. The SMILES string of the molecule is Cl.N[C@@H](CC(=O)N1CCCN1)Cc1cc(F)c(F)cc1F. The summed E-state index contributed by atoms with van der Waals surface area (Å²) in [4.78, 5) is 11.8. The van der Waals surface area contributed by atoms with Crippen LogP contribution in [0.4, 0.5) is 13.2 Å². The molecule has 118 valence electrons. The van der Waals surface area contributed by atoms with E-state index in [9.17, 15) is 18.0 Å². The van der Waals surface area contributed by atoms with Crippen molar-refractivity contribution in [1.29, 1.82) is 0 Å². The first-order chi connectivity index (χ1) is 9.47. The van der Waals surface area contributed by atoms with E-state index >= 15 is 0 Å². The molecule has 1 aliphatic rings. The average Bonchev–Trinajstić information content (AvgIpc) is 2.89. The van der Waals surface area contributed by atoms with Gasteiger partial charge in [0.05, 0.1) is 0 Å². The largest absolute Gasteiger partial charge is 0.327 e. The molecule has 0 spiro atoms. The van der Waals surface area contributed by atoms with Gasteiger partial charge < -0.3 is 5.73 Å². The smallest absolute Gasteiger partial charge is 0.238 e. The Balaban J connectivity index is 0.00000220. The highest BCUT2D eigenvalue weighted by molar-refractivity contribution is 5.85. The van der Waals surface area contributed by atoms with Crippen molar-refractivity contribution in [1.82, 2.24) is 10.4 Å². The Morgan fingerprint density at radius 1 is 1.29 bits per heavy atom. The molecule has 1 fully saturated rings. The van der Waals surface area contributed by atoms with E-state index in [0.717, 1.165) is 19.0 Å². The van der Waals surface area contributed by atoms with Crippen molar-refractivity contribution in [2.24, 2.45) is 5.73 Å². The van der Waals surface area contributed by atoms with Gasteiger partial charge in [-0.05, 0) is 24.5 Å². The molecule has 1 aromatic rings. The molecule has 21 heavy (non-hydrogen) atoms. The summed E-state index contributed by atoms with van der Waals surface area (Å²) in [6.45, 7) is 1.35. The molecule has 1 heterocycles. The molecule has 2 rings (SSSR count). The number of carbonyl (C=O) groups is 1. The van der Waals surface area contributed by atoms with Gasteiger partial charge in [0.1, 0.15) is 5.82 Å². The van der Waals surface area contributed by atoms with Gasteiger partial charge in [-0.3, -0.25) is 9.80 Å². The van der Waals surface area contributed by atoms with Crippen molar-refractivity contribution in [3.8, 4) is 0 Å². The van der Waals surface area contributed by atoms with Crippen molar-refractivity contribution < 1.29 is 18.0 Å². The van der Waals surface area contributed by atoms with Crippen molar-refractivity contribution in [3.63, 3.8) is 0 Å². The second kappa shape index (κ2) is 7.63. The molecule has 0 aliphatic carbocycles. The predicted octanol–water partition coefficient (Wildman–Crippen LogP) is 1.52. The molecule has 0 bridgehead atoms. The summed E-state index contributed by atoms with van der Waals surface area (Å²) >= 11 is 0. The number of rotatable bonds is 4. The lowest BCUT2D eigenvalue weighted by Gasteiger charge is -2.18. The van der Waals surface area contributed by atoms with Crippen molar-refractivity contribution in [3.05, 3.63) is 35.1 Å². The Morgan fingerprint density at radius 3 is 2.57 bits per heavy atom. The molecule has 1 aliphatic heterocycles. The van der Waals surface area contributed by atoms with Crippen molar-refractivity contribution in [2.75, 3.05) is 13.1 Å². The summed E-state index contributed by atoms with van der Waals surface area (Å²) in [6, 6.07) is 0.619. The van der Waals surface area contributed by atoms with Gasteiger partial charge in [-0.2, -0.15) is 0 Å². The highest BCUT2D eigenvalue weighted by Crippen LogP contribution is 2.16. The predicted molar refractivity (Wildman–Crippen MR) is 74.2 cm³/mol. The summed E-state index contributed by atoms with van der Waals surface area (Å²) in [5, 5.41) is 1.47. The van der Waals surface area contributed by atoms with Gasteiger partial charge in [0, 0.05) is 31.6 Å². The Bertz CT molecular complexity index is 510. The van der Waals surface area contributed by atoms with Crippen LogP contribution in [0.15, 0.2) is 12.1 Å². The van der Waals surface area contributed by atoms with E-state index in [1.54, 1.807) is 0 Å². The number of carbonyl (C=O) groups excluding carboxylic acids is 1. The molecule has 0 radical (unpaired) electrons. The molecule has 3 N–H and O–H groups in total. The lowest BCUT2D eigenvalue weighted by molar-refractivity contribution is -0.133. The van der Waals surface area contributed by atoms with Gasteiger partial charge in [-0.1, -0.05) is 0 Å². The van der Waals surface area contributed by atoms with E-state index in [1.807, 2.05) is 0 Å². The fourth-order valence-electron chi connectivity index (χ4n) is 2.15. The highest BCUT2D eigenvalue weighted by atomic mass is 35.5. The molecule has 0 aromatic heterocycles. The van der Waals surface area contributed by atoms with E-state index in [4.69, 9.17) is 5.73 Å². The second-order valence-corrected chi connectivity index (χ2v) is 4.83. The Labute approximate surface area is 126 Å². The van der Waals surface area contributed by atoms with Crippen LogP contribution in [-0.4, -0.2) is 30.0 Å². The fourth-order valence-corrected chi connectivity index (χ4v) is 2.15. The zero-order valence-electron chi connectivity index (χ0n) is 11.2. The maximum atomic E-state index is 13.5. The van der Waals surface area contributed by atoms with E-state index in [-0.39, 0.29) is 36.7 Å². The number of nitrogens with two attached hydrogens (primary N) is 1. The first kappa shape index (κ1) is 17.7. The van der Waals surface area contributed by atoms with Crippen LogP contribution in [0.2, 0.25) is 0 Å². The summed E-state index contributed by atoms with van der Waals surface area (Å²) < 4.78 is 39.3. The molecule has 1 amide bonds. The Kier molecular flexibility index (Phi) is 6.44. The molecule has 0 unspecified atom stereocenters. The number of hydrogen-bond acceptors (Lipinski definition) is 3. The van der Waals surface area contributed by atoms with Gasteiger partial charge in [-0.25, -0.2) is 18.6 Å². The molecule has 1 aromatic carbocycles. The van der Waals surface area contributed by atoms with E-state index in [2.05, 4.69) is 5.43 Å². The van der Waals surface area contributed by atoms with Crippen LogP contribution in [-0.2, 0) is 11.2 Å². The monoisotopic (exact) mass is 323 g/mol. The molecule has 8 heteroatoms. The second-order valence-electron chi connectivity index (χ2n) is 4.83. The topological polar surface area (TPSA) is 58.4 Å². The maximum Gasteiger partial charge on any atom is 0.238 e. The molecule has 4 nitrogen and oxygen atoms in total. The van der Waals surface area contributed by atoms with Gasteiger partial charge in [0.15, 0.2) is 11.6 Å². The van der Waals surface area contributed by atoms with Crippen LogP contribution in [0, 0.1) is 17.5 Å². The number of hydrazine groups is 1. The minimum Gasteiger partial charge on any atom is -0.327 e. The van der Waals surface area contributed by atoms with Crippen LogP contribution in [0.25, 0.3) is 0 Å². The zero-order chi connectivity index (χ0) is 14.7. The first-order valence-electron chi connectivity index (χ1n) is 6.40. The Hall–Kier alpha value is -1.31. The van der Waals surface area contributed by atoms with Crippen molar-refractivity contribution in [2.45, 2.75) is 25.3 Å². The van der Waals surface area contributed by atoms with Gasteiger partial charge >= 0.3 is 0 Å². The number of amides is 1. The van der Waals surface area contributed by atoms with Gasteiger partial charge in [0.2, 0.25) is 5.91 Å². The molecule has 1 saturated heterocycles. The lowest BCUT2D eigenvalue weighted by atomic mass is 10.0. The Morgan fingerprint density at radius 2 is 1.95 bits per heavy atom. The summed E-state index contributed by atoms with van der Waals surface area (Å²) in [7, 11) is 0. The number of nitrogens with zero attached hydrogens (tertiary/aromatic N) is 1.